The van der Waals surface area contributed by atoms with Gasteiger partial charge in [-0.05, 0) is 64.6 Å². The molecule has 0 fully saturated rings. The normalized spacial score (nSPS) is 11.9. The molecule has 0 aliphatic rings. The van der Waals surface area contributed by atoms with E-state index in [9.17, 15) is 0 Å². The molecular weight excluding hydrogens is 447 g/mol. The third-order valence-electron chi connectivity index (χ3n) is 5.17. The molecule has 0 unspecified atom stereocenters. The molecule has 6 aromatic rings. The van der Waals surface area contributed by atoms with Crippen LogP contribution in [0.3, 0.4) is 0 Å². The fourth-order valence-corrected chi connectivity index (χ4v) is 4.62. The summed E-state index contributed by atoms with van der Waals surface area (Å²) in [6, 6.07) is 27.1. The molecule has 0 aliphatic heterocycles. The lowest BCUT2D eigenvalue weighted by atomic mass is 10.0. The predicted molar refractivity (Wildman–Crippen MR) is 119 cm³/mol. The number of halogens is 1. The molecule has 0 spiro atoms. The molecular formula is C24H13IO2. The SMILES string of the molecule is Ic1ccc(-c2ccc3c(c2)oc2ccccc23)c2oc3ccccc3c12. The maximum atomic E-state index is 6.25. The van der Waals surface area contributed by atoms with Gasteiger partial charge in [-0.2, -0.15) is 0 Å². The van der Waals surface area contributed by atoms with Crippen molar-refractivity contribution in [3.63, 3.8) is 0 Å². The molecule has 0 saturated heterocycles. The van der Waals surface area contributed by atoms with E-state index in [1.807, 2.05) is 30.3 Å². The van der Waals surface area contributed by atoms with E-state index in [-0.39, 0.29) is 0 Å². The zero-order chi connectivity index (χ0) is 18.0. The van der Waals surface area contributed by atoms with Crippen LogP contribution in [0.25, 0.3) is 55.0 Å². The molecule has 0 amide bonds. The van der Waals surface area contributed by atoms with Gasteiger partial charge in [0.15, 0.2) is 0 Å². The molecule has 2 nitrogen and oxygen atoms in total. The van der Waals surface area contributed by atoms with E-state index in [1.54, 1.807) is 0 Å². The average molecular weight is 460 g/mol. The van der Waals surface area contributed by atoms with Crippen LogP contribution in [0.4, 0.5) is 0 Å². The smallest absolute Gasteiger partial charge is 0.144 e. The van der Waals surface area contributed by atoms with E-state index in [0.29, 0.717) is 0 Å². The molecule has 2 heterocycles. The van der Waals surface area contributed by atoms with Gasteiger partial charge in [-0.25, -0.2) is 0 Å². The molecule has 27 heavy (non-hydrogen) atoms. The number of fused-ring (bicyclic) bond motifs is 6. The summed E-state index contributed by atoms with van der Waals surface area (Å²) < 4.78 is 13.5. The minimum atomic E-state index is 0.900. The molecule has 0 atom stereocenters. The number of rotatable bonds is 1. The van der Waals surface area contributed by atoms with Crippen molar-refractivity contribution in [1.29, 1.82) is 0 Å². The van der Waals surface area contributed by atoms with E-state index < -0.39 is 0 Å². The molecule has 0 aliphatic carbocycles. The summed E-state index contributed by atoms with van der Waals surface area (Å²) in [4.78, 5) is 0. The fraction of sp³-hybridized carbons (Fsp3) is 0. The molecule has 0 radical (unpaired) electrons. The minimum Gasteiger partial charge on any atom is -0.456 e. The van der Waals surface area contributed by atoms with E-state index in [0.717, 1.165) is 49.6 Å². The van der Waals surface area contributed by atoms with Crippen LogP contribution in [0.15, 0.2) is 87.7 Å². The monoisotopic (exact) mass is 460 g/mol. The van der Waals surface area contributed by atoms with Crippen LogP contribution in [0.2, 0.25) is 0 Å². The van der Waals surface area contributed by atoms with E-state index in [1.165, 1.54) is 8.96 Å². The zero-order valence-electron chi connectivity index (χ0n) is 14.2. The summed E-state index contributed by atoms with van der Waals surface area (Å²) >= 11 is 2.38. The van der Waals surface area contributed by atoms with Crippen molar-refractivity contribution in [1.82, 2.24) is 0 Å². The minimum absolute atomic E-state index is 0.900. The maximum absolute atomic E-state index is 6.25. The topological polar surface area (TPSA) is 26.3 Å². The van der Waals surface area contributed by atoms with Crippen molar-refractivity contribution in [2.24, 2.45) is 0 Å². The quantitative estimate of drug-likeness (QED) is 0.235. The number of benzene rings is 4. The van der Waals surface area contributed by atoms with E-state index in [2.05, 4.69) is 71.1 Å². The molecule has 128 valence electrons. The van der Waals surface area contributed by atoms with Gasteiger partial charge in [0.05, 0.1) is 0 Å². The number of hydrogen-bond donors (Lipinski definition) is 0. The highest BCUT2D eigenvalue weighted by Gasteiger charge is 2.16. The van der Waals surface area contributed by atoms with Crippen molar-refractivity contribution in [3.05, 3.63) is 82.4 Å². The molecule has 0 saturated carbocycles. The van der Waals surface area contributed by atoms with Crippen LogP contribution in [-0.4, -0.2) is 0 Å². The summed E-state index contributed by atoms with van der Waals surface area (Å²) in [6.07, 6.45) is 0. The van der Waals surface area contributed by atoms with Crippen LogP contribution in [0.1, 0.15) is 0 Å². The van der Waals surface area contributed by atoms with Gasteiger partial charge >= 0.3 is 0 Å². The number of furan rings is 2. The first-order valence-corrected chi connectivity index (χ1v) is 9.89. The standard InChI is InChI=1S/C24H13IO2/c25-19-12-11-15(24-23(19)18-6-2-4-8-21(18)27-24)14-9-10-17-16-5-1-3-7-20(16)26-22(17)13-14/h1-13H. The van der Waals surface area contributed by atoms with Crippen LogP contribution in [-0.2, 0) is 0 Å². The summed E-state index contributed by atoms with van der Waals surface area (Å²) in [5, 5.41) is 4.62. The van der Waals surface area contributed by atoms with Crippen LogP contribution in [0, 0.1) is 3.57 Å². The van der Waals surface area contributed by atoms with Gasteiger partial charge < -0.3 is 8.83 Å². The molecule has 6 rings (SSSR count). The summed E-state index contributed by atoms with van der Waals surface area (Å²) in [6.45, 7) is 0. The highest BCUT2D eigenvalue weighted by Crippen LogP contribution is 2.40. The van der Waals surface area contributed by atoms with Crippen molar-refractivity contribution >= 4 is 66.5 Å². The molecule has 2 aromatic heterocycles. The van der Waals surface area contributed by atoms with Gasteiger partial charge in [0, 0.05) is 30.7 Å². The van der Waals surface area contributed by atoms with Gasteiger partial charge in [0.25, 0.3) is 0 Å². The number of hydrogen-bond acceptors (Lipinski definition) is 2. The fourth-order valence-electron chi connectivity index (χ4n) is 3.91. The number of para-hydroxylation sites is 2. The molecule has 0 bridgehead atoms. The highest BCUT2D eigenvalue weighted by atomic mass is 127. The Bertz CT molecular complexity index is 1490. The lowest BCUT2D eigenvalue weighted by Crippen LogP contribution is -1.81. The van der Waals surface area contributed by atoms with Crippen molar-refractivity contribution < 1.29 is 8.83 Å². The van der Waals surface area contributed by atoms with Gasteiger partial charge in [0.2, 0.25) is 0 Å². The van der Waals surface area contributed by atoms with Crippen molar-refractivity contribution in [2.45, 2.75) is 0 Å². The maximum Gasteiger partial charge on any atom is 0.144 e. The van der Waals surface area contributed by atoms with Crippen molar-refractivity contribution in [2.75, 3.05) is 0 Å². The predicted octanol–water partition coefficient (Wildman–Crippen LogP) is 7.76. The lowest BCUT2D eigenvalue weighted by molar-refractivity contribution is 0.668. The Morgan fingerprint density at radius 1 is 0.593 bits per heavy atom. The van der Waals surface area contributed by atoms with Gasteiger partial charge in [-0.15, -0.1) is 0 Å². The zero-order valence-corrected chi connectivity index (χ0v) is 16.4. The first kappa shape index (κ1) is 15.3. The third kappa shape index (κ3) is 2.18. The van der Waals surface area contributed by atoms with E-state index >= 15 is 0 Å². The van der Waals surface area contributed by atoms with Gasteiger partial charge in [-0.3, -0.25) is 0 Å². The lowest BCUT2D eigenvalue weighted by Gasteiger charge is -2.04. The summed E-state index contributed by atoms with van der Waals surface area (Å²) in [7, 11) is 0. The Kier molecular flexibility index (Phi) is 3.17. The Morgan fingerprint density at radius 2 is 1.30 bits per heavy atom. The van der Waals surface area contributed by atoms with E-state index in [4.69, 9.17) is 8.83 Å². The first-order chi connectivity index (χ1) is 13.3. The largest absolute Gasteiger partial charge is 0.456 e. The van der Waals surface area contributed by atoms with Gasteiger partial charge in [-0.1, -0.05) is 42.5 Å². The molecule has 3 heteroatoms. The first-order valence-electron chi connectivity index (χ1n) is 8.81. The Hall–Kier alpha value is -2.79. The molecule has 0 N–H and O–H groups in total. The van der Waals surface area contributed by atoms with Crippen LogP contribution >= 0.6 is 22.6 Å². The van der Waals surface area contributed by atoms with Crippen molar-refractivity contribution in [3.8, 4) is 11.1 Å². The summed E-state index contributed by atoms with van der Waals surface area (Å²) in [5.41, 5.74) is 5.85. The van der Waals surface area contributed by atoms with Gasteiger partial charge in [0.1, 0.15) is 22.3 Å². The second-order valence-electron chi connectivity index (χ2n) is 6.71. The molecule has 4 aromatic carbocycles. The highest BCUT2D eigenvalue weighted by molar-refractivity contribution is 14.1. The Morgan fingerprint density at radius 3 is 2.15 bits per heavy atom. The van der Waals surface area contributed by atoms with Crippen LogP contribution in [0.5, 0.6) is 0 Å². The Balaban J connectivity index is 1.67. The third-order valence-corrected chi connectivity index (χ3v) is 6.06. The second kappa shape index (κ2) is 5.60. The second-order valence-corrected chi connectivity index (χ2v) is 7.87. The average Bonchev–Trinajstić information content (AvgIpc) is 3.26. The Labute approximate surface area is 168 Å². The van der Waals surface area contributed by atoms with Crippen LogP contribution < -0.4 is 0 Å². The summed E-state index contributed by atoms with van der Waals surface area (Å²) in [5.74, 6) is 0.